The Morgan fingerprint density at radius 1 is 1.40 bits per heavy atom. The molecule has 1 rings (SSSR count). The van der Waals surface area contributed by atoms with Crippen LogP contribution in [0.15, 0.2) is 0 Å². The van der Waals surface area contributed by atoms with Crippen molar-refractivity contribution >= 4 is 0 Å². The molecule has 1 saturated heterocycles. The van der Waals surface area contributed by atoms with Crippen LogP contribution in [0.3, 0.4) is 0 Å². The van der Waals surface area contributed by atoms with Crippen LogP contribution < -0.4 is 11.3 Å². The minimum absolute atomic E-state index is 0.437. The van der Waals surface area contributed by atoms with Gasteiger partial charge in [0, 0.05) is 12.6 Å². The number of ether oxygens (including phenoxy) is 1. The lowest BCUT2D eigenvalue weighted by Gasteiger charge is -2.19. The second-order valence-corrected chi connectivity index (χ2v) is 5.06. The lowest BCUT2D eigenvalue weighted by atomic mass is 9.99. The van der Waals surface area contributed by atoms with E-state index in [1.165, 1.54) is 32.1 Å². The first kappa shape index (κ1) is 12.9. The van der Waals surface area contributed by atoms with Crippen LogP contribution in [0.1, 0.15) is 52.4 Å². The number of nitrogens with two attached hydrogens (primary N) is 1. The van der Waals surface area contributed by atoms with E-state index >= 15 is 0 Å². The highest BCUT2D eigenvalue weighted by Gasteiger charge is 2.19. The largest absolute Gasteiger partial charge is 0.378 e. The molecule has 0 spiro atoms. The van der Waals surface area contributed by atoms with Gasteiger partial charge in [0.05, 0.1) is 6.10 Å². The zero-order valence-corrected chi connectivity index (χ0v) is 10.2. The highest BCUT2D eigenvalue weighted by Crippen LogP contribution is 2.19. The molecule has 0 radical (unpaired) electrons. The summed E-state index contributed by atoms with van der Waals surface area (Å²) in [5.41, 5.74) is 2.92. The molecule has 1 aliphatic heterocycles. The van der Waals surface area contributed by atoms with Gasteiger partial charge in [-0.3, -0.25) is 11.3 Å². The zero-order chi connectivity index (χ0) is 11.1. The van der Waals surface area contributed by atoms with E-state index in [0.29, 0.717) is 12.1 Å². The van der Waals surface area contributed by atoms with Crippen molar-refractivity contribution in [3.63, 3.8) is 0 Å². The van der Waals surface area contributed by atoms with Crippen LogP contribution in [0.25, 0.3) is 0 Å². The van der Waals surface area contributed by atoms with Gasteiger partial charge in [-0.05, 0) is 31.6 Å². The van der Waals surface area contributed by atoms with Crippen molar-refractivity contribution in [2.24, 2.45) is 11.8 Å². The number of nitrogens with one attached hydrogen (secondary N) is 1. The SMILES string of the molecule is CC(C)CCCC(CC1CCCO1)NN. The molecule has 1 heterocycles. The average Bonchev–Trinajstić information content (AvgIpc) is 2.68. The molecule has 0 amide bonds. The average molecular weight is 214 g/mol. The first-order valence-electron chi connectivity index (χ1n) is 6.30. The Balaban J connectivity index is 2.11. The summed E-state index contributed by atoms with van der Waals surface area (Å²) in [5, 5.41) is 0. The topological polar surface area (TPSA) is 47.3 Å². The second kappa shape index (κ2) is 7.20. The van der Waals surface area contributed by atoms with E-state index in [9.17, 15) is 0 Å². The minimum atomic E-state index is 0.437. The van der Waals surface area contributed by atoms with Gasteiger partial charge in [-0.2, -0.15) is 0 Å². The van der Waals surface area contributed by atoms with Crippen LogP contribution in [-0.4, -0.2) is 18.8 Å². The van der Waals surface area contributed by atoms with E-state index in [4.69, 9.17) is 10.6 Å². The summed E-state index contributed by atoms with van der Waals surface area (Å²) < 4.78 is 5.62. The van der Waals surface area contributed by atoms with Gasteiger partial charge in [0.15, 0.2) is 0 Å². The quantitative estimate of drug-likeness (QED) is 0.504. The van der Waals surface area contributed by atoms with Gasteiger partial charge in [0.25, 0.3) is 0 Å². The van der Waals surface area contributed by atoms with Crippen LogP contribution in [0, 0.1) is 5.92 Å². The number of rotatable bonds is 7. The Kier molecular flexibility index (Phi) is 6.22. The molecular weight excluding hydrogens is 188 g/mol. The second-order valence-electron chi connectivity index (χ2n) is 5.06. The van der Waals surface area contributed by atoms with E-state index < -0.39 is 0 Å². The first-order valence-corrected chi connectivity index (χ1v) is 6.30. The predicted molar refractivity (Wildman–Crippen MR) is 63.4 cm³/mol. The van der Waals surface area contributed by atoms with Crippen molar-refractivity contribution in [1.82, 2.24) is 5.43 Å². The molecule has 1 aliphatic rings. The van der Waals surface area contributed by atoms with Crippen LogP contribution in [-0.2, 0) is 4.74 Å². The Bertz CT molecular complexity index is 156. The molecule has 90 valence electrons. The van der Waals surface area contributed by atoms with Crippen LogP contribution in [0.5, 0.6) is 0 Å². The van der Waals surface area contributed by atoms with Crippen molar-refractivity contribution in [2.45, 2.75) is 64.5 Å². The summed E-state index contributed by atoms with van der Waals surface area (Å²) in [4.78, 5) is 0. The van der Waals surface area contributed by atoms with Gasteiger partial charge < -0.3 is 4.74 Å². The highest BCUT2D eigenvalue weighted by molar-refractivity contribution is 4.73. The predicted octanol–water partition coefficient (Wildman–Crippen LogP) is 2.21. The molecule has 15 heavy (non-hydrogen) atoms. The molecule has 2 unspecified atom stereocenters. The molecule has 0 aromatic rings. The molecule has 0 aliphatic carbocycles. The van der Waals surface area contributed by atoms with Crippen molar-refractivity contribution < 1.29 is 4.74 Å². The Morgan fingerprint density at radius 2 is 2.20 bits per heavy atom. The van der Waals surface area contributed by atoms with E-state index in [-0.39, 0.29) is 0 Å². The van der Waals surface area contributed by atoms with E-state index in [0.717, 1.165) is 18.9 Å². The molecular formula is C12H26N2O. The van der Waals surface area contributed by atoms with Gasteiger partial charge in [-0.25, -0.2) is 0 Å². The lowest BCUT2D eigenvalue weighted by molar-refractivity contribution is 0.0932. The summed E-state index contributed by atoms with van der Waals surface area (Å²) in [6.45, 7) is 5.48. The number of hydrogen-bond donors (Lipinski definition) is 2. The number of hydrazine groups is 1. The van der Waals surface area contributed by atoms with Gasteiger partial charge >= 0.3 is 0 Å². The maximum absolute atomic E-state index is 5.62. The molecule has 0 bridgehead atoms. The maximum Gasteiger partial charge on any atom is 0.0591 e. The fourth-order valence-electron chi connectivity index (χ4n) is 2.19. The normalized spacial score (nSPS) is 23.6. The standard InChI is InChI=1S/C12H26N2O/c1-10(2)5-3-6-11(14-13)9-12-7-4-8-15-12/h10-12,14H,3-9,13H2,1-2H3. The van der Waals surface area contributed by atoms with E-state index in [2.05, 4.69) is 19.3 Å². The molecule has 3 N–H and O–H groups in total. The highest BCUT2D eigenvalue weighted by atomic mass is 16.5. The maximum atomic E-state index is 5.62. The van der Waals surface area contributed by atoms with Crippen molar-refractivity contribution in [2.75, 3.05) is 6.61 Å². The molecule has 0 aromatic heterocycles. The van der Waals surface area contributed by atoms with Crippen molar-refractivity contribution in [3.8, 4) is 0 Å². The van der Waals surface area contributed by atoms with Crippen molar-refractivity contribution in [1.29, 1.82) is 0 Å². The summed E-state index contributed by atoms with van der Waals surface area (Å²) in [5.74, 6) is 6.36. The molecule has 1 fully saturated rings. The molecule has 3 nitrogen and oxygen atoms in total. The van der Waals surface area contributed by atoms with E-state index in [1.807, 2.05) is 0 Å². The van der Waals surface area contributed by atoms with Gasteiger partial charge in [-0.15, -0.1) is 0 Å². The Labute approximate surface area is 93.7 Å². The fourth-order valence-corrected chi connectivity index (χ4v) is 2.19. The third kappa shape index (κ3) is 5.50. The van der Waals surface area contributed by atoms with Gasteiger partial charge in [0.2, 0.25) is 0 Å². The smallest absolute Gasteiger partial charge is 0.0591 e. The Hall–Kier alpha value is -0.120. The molecule has 0 saturated carbocycles. The number of hydrogen-bond acceptors (Lipinski definition) is 3. The van der Waals surface area contributed by atoms with E-state index in [1.54, 1.807) is 0 Å². The van der Waals surface area contributed by atoms with Crippen LogP contribution in [0.2, 0.25) is 0 Å². The minimum Gasteiger partial charge on any atom is -0.378 e. The zero-order valence-electron chi connectivity index (χ0n) is 10.2. The molecule has 0 aromatic carbocycles. The monoisotopic (exact) mass is 214 g/mol. The Morgan fingerprint density at radius 3 is 2.73 bits per heavy atom. The lowest BCUT2D eigenvalue weighted by Crippen LogP contribution is -2.37. The van der Waals surface area contributed by atoms with Crippen LogP contribution in [0.4, 0.5) is 0 Å². The third-order valence-electron chi connectivity index (χ3n) is 3.14. The van der Waals surface area contributed by atoms with Gasteiger partial charge in [-0.1, -0.05) is 26.7 Å². The fraction of sp³-hybridized carbons (Fsp3) is 1.00. The summed E-state index contributed by atoms with van der Waals surface area (Å²) in [6.07, 6.45) is 7.69. The third-order valence-corrected chi connectivity index (χ3v) is 3.14. The summed E-state index contributed by atoms with van der Waals surface area (Å²) >= 11 is 0. The van der Waals surface area contributed by atoms with Crippen molar-refractivity contribution in [3.05, 3.63) is 0 Å². The summed E-state index contributed by atoms with van der Waals surface area (Å²) in [6, 6.07) is 0.437. The molecule has 2 atom stereocenters. The summed E-state index contributed by atoms with van der Waals surface area (Å²) in [7, 11) is 0. The first-order chi connectivity index (χ1) is 7.22. The molecule has 3 heteroatoms. The van der Waals surface area contributed by atoms with Gasteiger partial charge in [0.1, 0.15) is 0 Å². The van der Waals surface area contributed by atoms with Crippen LogP contribution >= 0.6 is 0 Å².